The number of rotatable bonds is 15. The molecular formula is C31H49N3O6S. The molecule has 4 aliphatic rings. The first-order valence-corrected chi connectivity index (χ1v) is 16.2. The van der Waals surface area contributed by atoms with Crippen LogP contribution in [-0.4, -0.2) is 119 Å². The predicted molar refractivity (Wildman–Crippen MR) is 160 cm³/mol. The summed E-state index contributed by atoms with van der Waals surface area (Å²) < 4.78 is 10.5. The molecule has 0 aliphatic carbocycles. The monoisotopic (exact) mass is 591 g/mol. The molecule has 0 aromatic heterocycles. The van der Waals surface area contributed by atoms with Crippen molar-refractivity contribution in [1.82, 2.24) is 14.7 Å². The van der Waals surface area contributed by atoms with E-state index in [2.05, 4.69) is 25.0 Å². The number of unbranched alkanes of at least 4 members (excludes halogenated alkanes) is 2. The highest BCUT2D eigenvalue weighted by atomic mass is 32.2. The number of hydrogen-bond acceptors (Lipinski definition) is 8. The smallest absolute Gasteiger partial charge is 0.310 e. The maximum atomic E-state index is 14.6. The molecule has 4 saturated heterocycles. The number of carbonyl (C=O) groups is 3. The van der Waals surface area contributed by atoms with Crippen molar-refractivity contribution >= 4 is 29.5 Å². The Morgan fingerprint density at radius 3 is 2.61 bits per heavy atom. The number of morpholine rings is 1. The molecule has 3 unspecified atom stereocenters. The minimum absolute atomic E-state index is 0.0540. The van der Waals surface area contributed by atoms with Gasteiger partial charge in [-0.15, -0.1) is 24.9 Å². The molecular weight excluding hydrogens is 542 g/mol. The third kappa shape index (κ3) is 6.12. The van der Waals surface area contributed by atoms with Crippen molar-refractivity contribution in [2.45, 2.75) is 68.5 Å². The Bertz CT molecular complexity index is 971. The van der Waals surface area contributed by atoms with Gasteiger partial charge in [0.2, 0.25) is 11.8 Å². The van der Waals surface area contributed by atoms with Gasteiger partial charge >= 0.3 is 5.97 Å². The number of nitrogens with zero attached hydrogens (tertiary/aromatic N) is 3. The van der Waals surface area contributed by atoms with Gasteiger partial charge in [0.25, 0.3) is 0 Å². The van der Waals surface area contributed by atoms with Gasteiger partial charge in [-0.25, -0.2) is 0 Å². The van der Waals surface area contributed by atoms with Crippen molar-refractivity contribution in [3.8, 4) is 0 Å². The van der Waals surface area contributed by atoms with Gasteiger partial charge in [-0.05, 0) is 37.5 Å². The summed E-state index contributed by atoms with van der Waals surface area (Å²) in [6.07, 6.45) is 6.84. The van der Waals surface area contributed by atoms with Crippen LogP contribution in [0, 0.1) is 23.7 Å². The fraction of sp³-hybridized carbons (Fsp3) is 0.774. The Labute approximate surface area is 249 Å². The SMILES string of the molecule is C=CCCCCOC(=O)[C@@H]1[C@H]2C(=O)N([C@@H](CO)C(C)C)C(C(=O)N(CC=C)CCN3CCOCC3)C23S[C@@H]1CC3C. The molecule has 0 aromatic rings. The number of esters is 1. The molecule has 10 heteroatoms. The number of hydrogen-bond donors (Lipinski definition) is 1. The minimum Gasteiger partial charge on any atom is -0.465 e. The van der Waals surface area contributed by atoms with Crippen LogP contribution in [0.3, 0.4) is 0 Å². The van der Waals surface area contributed by atoms with Gasteiger partial charge in [-0.1, -0.05) is 32.9 Å². The van der Waals surface area contributed by atoms with E-state index in [-0.39, 0.29) is 41.5 Å². The molecule has 0 radical (unpaired) electrons. The van der Waals surface area contributed by atoms with Crippen LogP contribution < -0.4 is 0 Å². The lowest BCUT2D eigenvalue weighted by atomic mass is 9.66. The van der Waals surface area contributed by atoms with Gasteiger partial charge in [0.15, 0.2) is 0 Å². The standard InChI is InChI=1S/C31H49N3O6S/c1-6-8-9-10-16-40-30(38)25-24-19-22(5)31(41-24)26(25)28(36)34(23(20-35)21(3)4)27(31)29(37)33(11-7-2)13-12-32-14-17-39-18-15-32/h6-7,21-27,35H,1-2,8-20H2,3-5H3/t22?,23-,24+,25-,26-,27?,31?/m0/s1. The van der Waals surface area contributed by atoms with Crippen molar-refractivity contribution in [1.29, 1.82) is 0 Å². The van der Waals surface area contributed by atoms with Crippen molar-refractivity contribution in [2.75, 3.05) is 59.2 Å². The van der Waals surface area contributed by atoms with Gasteiger partial charge in [-0.2, -0.15) is 0 Å². The van der Waals surface area contributed by atoms with Crippen LogP contribution in [-0.2, 0) is 23.9 Å². The second-order valence-electron chi connectivity index (χ2n) is 12.3. The Balaban J connectivity index is 1.65. The van der Waals surface area contributed by atoms with Gasteiger partial charge in [-0.3, -0.25) is 19.3 Å². The molecule has 0 aromatic carbocycles. The molecule has 4 fully saturated rings. The fourth-order valence-electron chi connectivity index (χ4n) is 7.35. The van der Waals surface area contributed by atoms with E-state index < -0.39 is 28.7 Å². The number of aliphatic hydroxyl groups is 1. The van der Waals surface area contributed by atoms with Crippen molar-refractivity contribution in [3.63, 3.8) is 0 Å². The first-order valence-electron chi connectivity index (χ1n) is 15.3. The third-order valence-electron chi connectivity index (χ3n) is 9.50. The summed E-state index contributed by atoms with van der Waals surface area (Å²) in [6.45, 7) is 18.3. The summed E-state index contributed by atoms with van der Waals surface area (Å²) in [5.41, 5.74) is 0. The van der Waals surface area contributed by atoms with Crippen LogP contribution in [0.25, 0.3) is 0 Å². The molecule has 4 rings (SSSR count). The Morgan fingerprint density at radius 2 is 1.98 bits per heavy atom. The zero-order chi connectivity index (χ0) is 29.7. The van der Waals surface area contributed by atoms with Crippen LogP contribution in [0.4, 0.5) is 0 Å². The molecule has 230 valence electrons. The van der Waals surface area contributed by atoms with E-state index in [0.29, 0.717) is 39.5 Å². The fourth-order valence-corrected chi connectivity index (χ4v) is 9.74. The number of thioether (sulfide) groups is 1. The lowest BCUT2D eigenvalue weighted by Gasteiger charge is -2.43. The summed E-state index contributed by atoms with van der Waals surface area (Å²) in [6, 6.07) is -1.29. The van der Waals surface area contributed by atoms with Gasteiger partial charge in [0.05, 0.1) is 49.1 Å². The highest BCUT2D eigenvalue weighted by Crippen LogP contribution is 2.69. The topological polar surface area (TPSA) is 99.6 Å². The molecule has 1 N–H and O–H groups in total. The van der Waals surface area contributed by atoms with Crippen LogP contribution in [0.2, 0.25) is 0 Å². The lowest BCUT2D eigenvalue weighted by molar-refractivity contribution is -0.155. The summed E-state index contributed by atoms with van der Waals surface area (Å²) in [5, 5.41) is 10.4. The van der Waals surface area contributed by atoms with E-state index >= 15 is 0 Å². The van der Waals surface area contributed by atoms with Crippen LogP contribution in [0.1, 0.15) is 46.5 Å². The van der Waals surface area contributed by atoms with E-state index in [1.807, 2.05) is 24.8 Å². The number of fused-ring (bicyclic) bond motifs is 1. The molecule has 41 heavy (non-hydrogen) atoms. The predicted octanol–water partition coefficient (Wildman–Crippen LogP) is 2.59. The molecule has 4 heterocycles. The Morgan fingerprint density at radius 1 is 1.24 bits per heavy atom. The summed E-state index contributed by atoms with van der Waals surface area (Å²) in [4.78, 5) is 48.4. The van der Waals surface area contributed by atoms with E-state index in [0.717, 1.165) is 38.8 Å². The molecule has 2 bridgehead atoms. The van der Waals surface area contributed by atoms with Crippen LogP contribution in [0.15, 0.2) is 25.3 Å². The minimum atomic E-state index is -0.764. The molecule has 7 atom stereocenters. The molecule has 4 aliphatic heterocycles. The van der Waals surface area contributed by atoms with E-state index in [9.17, 15) is 19.5 Å². The second kappa shape index (κ2) is 14.1. The average Bonchev–Trinajstić information content (AvgIpc) is 3.55. The number of ether oxygens (including phenoxy) is 2. The second-order valence-corrected chi connectivity index (χ2v) is 13.8. The van der Waals surface area contributed by atoms with Gasteiger partial charge in [0, 0.05) is 38.0 Å². The molecule has 9 nitrogen and oxygen atoms in total. The van der Waals surface area contributed by atoms with Crippen molar-refractivity contribution in [3.05, 3.63) is 25.3 Å². The quantitative estimate of drug-likeness (QED) is 0.176. The highest BCUT2D eigenvalue weighted by Gasteiger charge is 2.77. The van der Waals surface area contributed by atoms with Crippen molar-refractivity contribution < 1.29 is 29.0 Å². The number of allylic oxidation sites excluding steroid dienone is 1. The van der Waals surface area contributed by atoms with Crippen LogP contribution >= 0.6 is 11.8 Å². The van der Waals surface area contributed by atoms with Crippen molar-refractivity contribution in [2.24, 2.45) is 23.7 Å². The third-order valence-corrected chi connectivity index (χ3v) is 11.6. The van der Waals surface area contributed by atoms with E-state index in [1.165, 1.54) is 0 Å². The number of amides is 2. The maximum Gasteiger partial charge on any atom is 0.310 e. The number of carbonyl (C=O) groups excluding carboxylic acids is 3. The Kier molecular flexibility index (Phi) is 11.0. The highest BCUT2D eigenvalue weighted by molar-refractivity contribution is 8.02. The van der Waals surface area contributed by atoms with E-state index in [1.54, 1.807) is 22.7 Å². The molecule has 0 saturated carbocycles. The van der Waals surface area contributed by atoms with Gasteiger partial charge in [0.1, 0.15) is 6.04 Å². The van der Waals surface area contributed by atoms with E-state index in [4.69, 9.17) is 9.47 Å². The zero-order valence-electron chi connectivity index (χ0n) is 25.0. The number of likely N-dealkylation sites (tertiary alicyclic amines) is 1. The van der Waals surface area contributed by atoms with Gasteiger partial charge < -0.3 is 24.4 Å². The molecule has 2 amide bonds. The Hall–Kier alpha value is -1.88. The first kappa shape index (κ1) is 32.0. The lowest BCUT2D eigenvalue weighted by Crippen LogP contribution is -2.60. The number of aliphatic hydroxyl groups excluding tert-OH is 1. The summed E-state index contributed by atoms with van der Waals surface area (Å²) >= 11 is 1.65. The first-order chi connectivity index (χ1) is 19.7. The molecule has 1 spiro atoms. The summed E-state index contributed by atoms with van der Waals surface area (Å²) in [7, 11) is 0. The average molecular weight is 592 g/mol. The van der Waals surface area contributed by atoms with Crippen LogP contribution in [0.5, 0.6) is 0 Å². The summed E-state index contributed by atoms with van der Waals surface area (Å²) in [5.74, 6) is -1.89. The zero-order valence-corrected chi connectivity index (χ0v) is 25.9. The largest absolute Gasteiger partial charge is 0.465 e. The maximum absolute atomic E-state index is 14.6. The normalized spacial score (nSPS) is 31.8.